The van der Waals surface area contributed by atoms with Crippen molar-refractivity contribution in [2.24, 2.45) is 0 Å². The van der Waals surface area contributed by atoms with Crippen LogP contribution in [0.15, 0.2) is 24.3 Å². The van der Waals surface area contributed by atoms with Gasteiger partial charge in [-0.2, -0.15) is 0 Å². The summed E-state index contributed by atoms with van der Waals surface area (Å²) in [6.45, 7) is 1.42. The first-order valence-corrected chi connectivity index (χ1v) is 5.36. The molecule has 2 aromatic rings. The zero-order valence-corrected chi connectivity index (χ0v) is 9.07. The molecule has 0 saturated heterocycles. The van der Waals surface area contributed by atoms with Gasteiger partial charge in [0.2, 0.25) is 0 Å². The van der Waals surface area contributed by atoms with Crippen molar-refractivity contribution < 1.29 is 4.39 Å². The summed E-state index contributed by atoms with van der Waals surface area (Å²) in [5.41, 5.74) is 8.54. The highest BCUT2D eigenvalue weighted by Crippen LogP contribution is 2.23. The number of benzene rings is 1. The Hall–Kier alpha value is -2.01. The standard InChI is InChI=1S/C12H11FN4/c13-8-3-1-7(2-4-8)12-16-10-6-15-5-9(10)11(14)17-12/h1-4,15H,5-6H2,(H2,14,16,17). The van der Waals surface area contributed by atoms with Crippen LogP contribution in [-0.4, -0.2) is 9.97 Å². The van der Waals surface area contributed by atoms with E-state index in [4.69, 9.17) is 5.73 Å². The lowest BCUT2D eigenvalue weighted by atomic mass is 10.2. The van der Waals surface area contributed by atoms with E-state index in [1.807, 2.05) is 0 Å². The van der Waals surface area contributed by atoms with Gasteiger partial charge < -0.3 is 11.1 Å². The lowest BCUT2D eigenvalue weighted by molar-refractivity contribution is 0.628. The van der Waals surface area contributed by atoms with Gasteiger partial charge in [-0.3, -0.25) is 0 Å². The quantitative estimate of drug-likeness (QED) is 0.778. The van der Waals surface area contributed by atoms with Gasteiger partial charge in [-0.1, -0.05) is 0 Å². The summed E-state index contributed by atoms with van der Waals surface area (Å²) in [6, 6.07) is 6.08. The minimum Gasteiger partial charge on any atom is -0.383 e. The summed E-state index contributed by atoms with van der Waals surface area (Å²) in [6.07, 6.45) is 0. The summed E-state index contributed by atoms with van der Waals surface area (Å²) < 4.78 is 12.8. The molecule has 4 nitrogen and oxygen atoms in total. The van der Waals surface area contributed by atoms with Crippen LogP contribution in [0.2, 0.25) is 0 Å². The first-order valence-electron chi connectivity index (χ1n) is 5.36. The minimum atomic E-state index is -0.274. The van der Waals surface area contributed by atoms with E-state index < -0.39 is 0 Å². The maximum atomic E-state index is 12.8. The van der Waals surface area contributed by atoms with Gasteiger partial charge in [-0.05, 0) is 24.3 Å². The van der Waals surface area contributed by atoms with Crippen molar-refractivity contribution in [3.05, 3.63) is 41.3 Å². The van der Waals surface area contributed by atoms with Crippen LogP contribution in [-0.2, 0) is 13.1 Å². The van der Waals surface area contributed by atoms with Crippen LogP contribution in [0.25, 0.3) is 11.4 Å². The lowest BCUT2D eigenvalue weighted by Gasteiger charge is -2.05. The van der Waals surface area contributed by atoms with Gasteiger partial charge in [-0.25, -0.2) is 14.4 Å². The van der Waals surface area contributed by atoms with E-state index in [1.165, 1.54) is 12.1 Å². The van der Waals surface area contributed by atoms with Crippen molar-refractivity contribution in [3.63, 3.8) is 0 Å². The second kappa shape index (κ2) is 3.78. The Kier molecular flexibility index (Phi) is 2.26. The highest BCUT2D eigenvalue weighted by Gasteiger charge is 2.17. The van der Waals surface area contributed by atoms with Gasteiger partial charge in [0.1, 0.15) is 11.6 Å². The number of nitrogens with zero attached hydrogens (tertiary/aromatic N) is 2. The molecule has 0 radical (unpaired) electrons. The number of halogens is 1. The Labute approximate surface area is 97.7 Å². The number of fused-ring (bicyclic) bond motifs is 1. The minimum absolute atomic E-state index is 0.274. The normalized spacial score (nSPS) is 13.7. The highest BCUT2D eigenvalue weighted by atomic mass is 19.1. The third-order valence-corrected chi connectivity index (χ3v) is 2.82. The molecule has 1 aromatic carbocycles. The molecule has 0 unspecified atom stereocenters. The fourth-order valence-electron chi connectivity index (χ4n) is 1.92. The Bertz CT molecular complexity index is 565. The summed E-state index contributed by atoms with van der Waals surface area (Å²) in [4.78, 5) is 8.69. The van der Waals surface area contributed by atoms with Gasteiger partial charge in [0, 0.05) is 24.2 Å². The van der Waals surface area contributed by atoms with Crippen LogP contribution in [0.3, 0.4) is 0 Å². The van der Waals surface area contributed by atoms with Crippen LogP contribution in [0, 0.1) is 5.82 Å². The predicted octanol–water partition coefficient (Wildman–Crippen LogP) is 1.47. The molecule has 3 N–H and O–H groups in total. The molecule has 0 aliphatic carbocycles. The molecular weight excluding hydrogens is 219 g/mol. The maximum absolute atomic E-state index is 12.8. The second-order valence-electron chi connectivity index (χ2n) is 3.97. The SMILES string of the molecule is Nc1nc(-c2ccc(F)cc2)nc2c1CNC2. The number of hydrogen-bond donors (Lipinski definition) is 2. The van der Waals surface area contributed by atoms with E-state index >= 15 is 0 Å². The van der Waals surface area contributed by atoms with Crippen LogP contribution < -0.4 is 11.1 Å². The summed E-state index contributed by atoms with van der Waals surface area (Å²) in [5, 5.41) is 3.17. The number of nitrogens with one attached hydrogen (secondary N) is 1. The number of nitrogen functional groups attached to an aromatic ring is 1. The van der Waals surface area contributed by atoms with Crippen molar-refractivity contribution in [1.82, 2.24) is 15.3 Å². The zero-order chi connectivity index (χ0) is 11.8. The second-order valence-corrected chi connectivity index (χ2v) is 3.97. The molecule has 1 aromatic heterocycles. The molecule has 0 saturated carbocycles. The van der Waals surface area contributed by atoms with Crippen LogP contribution >= 0.6 is 0 Å². The van der Waals surface area contributed by atoms with Gasteiger partial charge in [0.05, 0.1) is 5.69 Å². The Morgan fingerprint density at radius 1 is 1.12 bits per heavy atom. The third kappa shape index (κ3) is 1.74. The summed E-state index contributed by atoms with van der Waals surface area (Å²) >= 11 is 0. The Balaban J connectivity index is 2.10. The largest absolute Gasteiger partial charge is 0.383 e. The molecule has 86 valence electrons. The summed E-state index contributed by atoms with van der Waals surface area (Å²) in [7, 11) is 0. The molecule has 1 aliphatic rings. The van der Waals surface area contributed by atoms with Gasteiger partial charge in [0.15, 0.2) is 5.82 Å². The molecule has 3 rings (SSSR count). The van der Waals surface area contributed by atoms with Crippen LogP contribution in [0.4, 0.5) is 10.2 Å². The van der Waals surface area contributed by atoms with Crippen molar-refractivity contribution >= 4 is 5.82 Å². The average molecular weight is 230 g/mol. The topological polar surface area (TPSA) is 63.8 Å². The predicted molar refractivity (Wildman–Crippen MR) is 62.4 cm³/mol. The van der Waals surface area contributed by atoms with E-state index in [-0.39, 0.29) is 5.82 Å². The Morgan fingerprint density at radius 3 is 2.65 bits per heavy atom. The lowest BCUT2D eigenvalue weighted by Crippen LogP contribution is -2.03. The monoisotopic (exact) mass is 230 g/mol. The smallest absolute Gasteiger partial charge is 0.161 e. The first-order chi connectivity index (χ1) is 8.24. The molecule has 17 heavy (non-hydrogen) atoms. The van der Waals surface area contributed by atoms with E-state index in [2.05, 4.69) is 15.3 Å². The number of hydrogen-bond acceptors (Lipinski definition) is 4. The van der Waals surface area contributed by atoms with Crippen LogP contribution in [0.5, 0.6) is 0 Å². The van der Waals surface area contributed by atoms with E-state index in [0.29, 0.717) is 24.7 Å². The molecule has 1 aliphatic heterocycles. The average Bonchev–Trinajstić information content (AvgIpc) is 2.78. The van der Waals surface area contributed by atoms with Gasteiger partial charge in [0.25, 0.3) is 0 Å². The van der Waals surface area contributed by atoms with Crippen molar-refractivity contribution in [1.29, 1.82) is 0 Å². The maximum Gasteiger partial charge on any atom is 0.161 e. The fraction of sp³-hybridized carbons (Fsp3) is 0.167. The molecule has 0 atom stereocenters. The number of nitrogens with two attached hydrogens (primary N) is 1. The zero-order valence-electron chi connectivity index (χ0n) is 9.07. The molecule has 5 heteroatoms. The molecule has 0 fully saturated rings. The van der Waals surface area contributed by atoms with Gasteiger partial charge >= 0.3 is 0 Å². The number of anilines is 1. The van der Waals surface area contributed by atoms with E-state index in [0.717, 1.165) is 16.8 Å². The summed E-state index contributed by atoms with van der Waals surface area (Å²) in [5.74, 6) is 0.772. The van der Waals surface area contributed by atoms with Crippen molar-refractivity contribution in [3.8, 4) is 11.4 Å². The van der Waals surface area contributed by atoms with Gasteiger partial charge in [-0.15, -0.1) is 0 Å². The molecule has 0 amide bonds. The first kappa shape index (κ1) is 10.2. The molecule has 0 bridgehead atoms. The third-order valence-electron chi connectivity index (χ3n) is 2.82. The van der Waals surface area contributed by atoms with E-state index in [9.17, 15) is 4.39 Å². The van der Waals surface area contributed by atoms with Crippen molar-refractivity contribution in [2.75, 3.05) is 5.73 Å². The number of rotatable bonds is 1. The number of aromatic nitrogens is 2. The van der Waals surface area contributed by atoms with E-state index in [1.54, 1.807) is 12.1 Å². The fourth-order valence-corrected chi connectivity index (χ4v) is 1.92. The molecule has 0 spiro atoms. The molecular formula is C12H11FN4. The Morgan fingerprint density at radius 2 is 1.88 bits per heavy atom. The molecule has 2 heterocycles. The van der Waals surface area contributed by atoms with Crippen LogP contribution in [0.1, 0.15) is 11.3 Å². The van der Waals surface area contributed by atoms with Crippen molar-refractivity contribution in [2.45, 2.75) is 13.1 Å². The highest BCUT2D eigenvalue weighted by molar-refractivity contribution is 5.59.